The number of nitrogens with zero attached hydrogens (tertiary/aromatic N) is 1. The van der Waals surface area contributed by atoms with E-state index in [0.717, 1.165) is 4.90 Å². The second-order valence-corrected chi connectivity index (χ2v) is 2.62. The fraction of sp³-hybridized carbons (Fsp3) is 0.857. The van der Waals surface area contributed by atoms with Crippen molar-refractivity contribution in [3.63, 3.8) is 0 Å². The molecular formula is C7H13F3N2. The van der Waals surface area contributed by atoms with Crippen LogP contribution >= 0.6 is 0 Å². The quantitative estimate of drug-likeness (QED) is 0.526. The first kappa shape index (κ1) is 11.3. The lowest BCUT2D eigenvalue weighted by Gasteiger charge is -2.23. The largest absolute Gasteiger partial charge is 0.405 e. The summed E-state index contributed by atoms with van der Waals surface area (Å²) in [5.41, 5.74) is 0. The molecule has 0 aliphatic rings. The van der Waals surface area contributed by atoms with Crippen molar-refractivity contribution in [2.45, 2.75) is 26.4 Å². The van der Waals surface area contributed by atoms with Crippen LogP contribution in [-0.4, -0.2) is 30.0 Å². The topological polar surface area (TPSA) is 27.1 Å². The standard InChI is InChI=1S/C7H13F3N2/c1-3-4-12(6(2)11)5-7(8,9)10/h11H,3-5H2,1-2H3. The van der Waals surface area contributed by atoms with Gasteiger partial charge in [-0.15, -0.1) is 0 Å². The first-order valence-corrected chi connectivity index (χ1v) is 3.73. The third kappa shape index (κ3) is 4.98. The first-order valence-electron chi connectivity index (χ1n) is 3.73. The zero-order valence-corrected chi connectivity index (χ0v) is 7.20. The SMILES string of the molecule is CCCN(CC(F)(F)F)C(C)=N. The summed E-state index contributed by atoms with van der Waals surface area (Å²) in [6.45, 7) is 2.42. The summed E-state index contributed by atoms with van der Waals surface area (Å²) in [6.07, 6.45) is -3.59. The fourth-order valence-corrected chi connectivity index (χ4v) is 0.852. The first-order chi connectivity index (χ1) is 5.37. The lowest BCUT2D eigenvalue weighted by Crippen LogP contribution is -2.37. The maximum absolute atomic E-state index is 11.9. The van der Waals surface area contributed by atoms with E-state index in [1.165, 1.54) is 6.92 Å². The van der Waals surface area contributed by atoms with Gasteiger partial charge in [-0.2, -0.15) is 13.2 Å². The maximum atomic E-state index is 11.9. The smallest absolute Gasteiger partial charge is 0.352 e. The van der Waals surface area contributed by atoms with Gasteiger partial charge in [0.15, 0.2) is 0 Å². The minimum Gasteiger partial charge on any atom is -0.352 e. The highest BCUT2D eigenvalue weighted by Gasteiger charge is 2.30. The number of halogens is 3. The molecule has 0 saturated heterocycles. The predicted octanol–water partition coefficient (Wildman–Crippen LogP) is 2.26. The molecule has 0 aliphatic carbocycles. The van der Waals surface area contributed by atoms with Crippen molar-refractivity contribution >= 4 is 5.84 Å². The van der Waals surface area contributed by atoms with Crippen LogP contribution in [0.25, 0.3) is 0 Å². The van der Waals surface area contributed by atoms with E-state index in [4.69, 9.17) is 5.41 Å². The molecule has 2 nitrogen and oxygen atoms in total. The van der Waals surface area contributed by atoms with Crippen LogP contribution in [0.15, 0.2) is 0 Å². The highest BCUT2D eigenvalue weighted by molar-refractivity contribution is 5.76. The molecule has 0 aliphatic heterocycles. The monoisotopic (exact) mass is 182 g/mol. The van der Waals surface area contributed by atoms with Gasteiger partial charge in [0, 0.05) is 6.54 Å². The van der Waals surface area contributed by atoms with Gasteiger partial charge < -0.3 is 4.90 Å². The fourth-order valence-electron chi connectivity index (χ4n) is 0.852. The summed E-state index contributed by atoms with van der Waals surface area (Å²) in [5.74, 6) is -0.0332. The lowest BCUT2D eigenvalue weighted by molar-refractivity contribution is -0.138. The van der Waals surface area contributed by atoms with Crippen molar-refractivity contribution in [3.8, 4) is 0 Å². The van der Waals surface area contributed by atoms with Crippen LogP contribution in [0.5, 0.6) is 0 Å². The van der Waals surface area contributed by atoms with Gasteiger partial charge in [0.05, 0.1) is 5.84 Å². The maximum Gasteiger partial charge on any atom is 0.405 e. The minimum absolute atomic E-state index is 0.0332. The van der Waals surface area contributed by atoms with Crippen LogP contribution in [0, 0.1) is 5.41 Å². The molecule has 0 aromatic carbocycles. The van der Waals surface area contributed by atoms with E-state index in [-0.39, 0.29) is 12.4 Å². The zero-order chi connectivity index (χ0) is 9.78. The van der Waals surface area contributed by atoms with Crippen LogP contribution in [0.1, 0.15) is 20.3 Å². The normalized spacial score (nSPS) is 11.4. The van der Waals surface area contributed by atoms with Crippen LogP contribution in [0.4, 0.5) is 13.2 Å². The molecule has 1 N–H and O–H groups in total. The molecule has 0 radical (unpaired) electrons. The molecule has 0 heterocycles. The van der Waals surface area contributed by atoms with Gasteiger partial charge in [-0.25, -0.2) is 0 Å². The second kappa shape index (κ2) is 4.33. The Labute approximate surface area is 69.9 Å². The molecule has 0 spiro atoms. The molecular weight excluding hydrogens is 169 g/mol. The van der Waals surface area contributed by atoms with E-state index in [1.807, 2.05) is 0 Å². The Balaban J connectivity index is 4.05. The minimum atomic E-state index is -4.21. The van der Waals surface area contributed by atoms with E-state index in [1.54, 1.807) is 6.92 Å². The van der Waals surface area contributed by atoms with Crippen molar-refractivity contribution in [2.75, 3.05) is 13.1 Å². The van der Waals surface area contributed by atoms with Crippen LogP contribution in [0.3, 0.4) is 0 Å². The van der Waals surface area contributed by atoms with Gasteiger partial charge in [-0.05, 0) is 13.3 Å². The average Bonchev–Trinajstić information content (AvgIpc) is 1.83. The van der Waals surface area contributed by atoms with Crippen LogP contribution < -0.4 is 0 Å². The molecule has 5 heteroatoms. The Hall–Kier alpha value is -0.740. The van der Waals surface area contributed by atoms with Crippen molar-refractivity contribution in [3.05, 3.63) is 0 Å². The van der Waals surface area contributed by atoms with Crippen molar-refractivity contribution in [1.82, 2.24) is 4.90 Å². The molecule has 0 aromatic heterocycles. The number of amidine groups is 1. The number of rotatable bonds is 3. The Kier molecular flexibility index (Phi) is 4.06. The number of alkyl halides is 3. The molecule has 0 fully saturated rings. The Morgan fingerprint density at radius 2 is 1.92 bits per heavy atom. The third-order valence-electron chi connectivity index (χ3n) is 1.34. The van der Waals surface area contributed by atoms with E-state index in [0.29, 0.717) is 6.42 Å². The van der Waals surface area contributed by atoms with Crippen molar-refractivity contribution in [1.29, 1.82) is 5.41 Å². The van der Waals surface area contributed by atoms with Gasteiger partial charge in [0.25, 0.3) is 0 Å². The van der Waals surface area contributed by atoms with Gasteiger partial charge in [0.2, 0.25) is 0 Å². The predicted molar refractivity (Wildman–Crippen MR) is 41.3 cm³/mol. The Morgan fingerprint density at radius 3 is 2.17 bits per heavy atom. The van der Waals surface area contributed by atoms with Gasteiger partial charge in [-0.3, -0.25) is 5.41 Å². The van der Waals surface area contributed by atoms with Crippen LogP contribution in [-0.2, 0) is 0 Å². The van der Waals surface area contributed by atoms with E-state index >= 15 is 0 Å². The summed E-state index contributed by atoms with van der Waals surface area (Å²) in [7, 11) is 0. The molecule has 0 amide bonds. The Morgan fingerprint density at radius 1 is 1.42 bits per heavy atom. The second-order valence-electron chi connectivity index (χ2n) is 2.62. The Bertz CT molecular complexity index is 153. The molecule has 12 heavy (non-hydrogen) atoms. The molecule has 72 valence electrons. The highest BCUT2D eigenvalue weighted by atomic mass is 19.4. The summed E-state index contributed by atoms with van der Waals surface area (Å²) in [6, 6.07) is 0. The highest BCUT2D eigenvalue weighted by Crippen LogP contribution is 2.16. The summed E-state index contributed by atoms with van der Waals surface area (Å²) in [4.78, 5) is 1.01. The number of nitrogens with one attached hydrogen (secondary N) is 1. The number of hydrogen-bond donors (Lipinski definition) is 1. The number of hydrogen-bond acceptors (Lipinski definition) is 1. The molecule has 0 saturated carbocycles. The van der Waals surface area contributed by atoms with Crippen molar-refractivity contribution < 1.29 is 13.2 Å². The van der Waals surface area contributed by atoms with Gasteiger partial charge >= 0.3 is 6.18 Å². The van der Waals surface area contributed by atoms with Gasteiger partial charge in [-0.1, -0.05) is 6.92 Å². The zero-order valence-electron chi connectivity index (χ0n) is 7.20. The molecule has 0 aromatic rings. The summed E-state index contributed by atoms with van der Waals surface area (Å²) < 4.78 is 35.6. The van der Waals surface area contributed by atoms with Gasteiger partial charge in [0.1, 0.15) is 6.54 Å². The lowest BCUT2D eigenvalue weighted by atomic mass is 10.4. The van der Waals surface area contributed by atoms with E-state index in [9.17, 15) is 13.2 Å². The molecule has 0 rings (SSSR count). The molecule has 0 bridgehead atoms. The third-order valence-corrected chi connectivity index (χ3v) is 1.34. The van der Waals surface area contributed by atoms with Crippen molar-refractivity contribution in [2.24, 2.45) is 0 Å². The molecule has 0 atom stereocenters. The van der Waals surface area contributed by atoms with E-state index < -0.39 is 12.7 Å². The summed E-state index contributed by atoms with van der Waals surface area (Å²) >= 11 is 0. The summed E-state index contributed by atoms with van der Waals surface area (Å²) in [5, 5.41) is 7.06. The van der Waals surface area contributed by atoms with Crippen LogP contribution in [0.2, 0.25) is 0 Å². The molecule has 0 unspecified atom stereocenters. The van der Waals surface area contributed by atoms with E-state index in [2.05, 4.69) is 0 Å². The average molecular weight is 182 g/mol.